The first kappa shape index (κ1) is 13.9. The monoisotopic (exact) mass is 285 g/mol. The van der Waals surface area contributed by atoms with Gasteiger partial charge in [0.1, 0.15) is 13.2 Å². The molecule has 3 N–H and O–H groups in total. The fourth-order valence-electron chi connectivity index (χ4n) is 2.62. The van der Waals surface area contributed by atoms with E-state index in [9.17, 15) is 0 Å². The number of nitrogens with one attached hydrogen (secondary N) is 1. The van der Waals surface area contributed by atoms with Crippen molar-refractivity contribution in [2.45, 2.75) is 19.4 Å². The molecule has 1 aromatic heterocycles. The first-order valence-corrected chi connectivity index (χ1v) is 7.12. The van der Waals surface area contributed by atoms with E-state index in [4.69, 9.17) is 15.3 Å². The van der Waals surface area contributed by atoms with Crippen LogP contribution in [0, 0.1) is 0 Å². The fourth-order valence-corrected chi connectivity index (χ4v) is 2.62. The minimum atomic E-state index is -0.0984. The molecule has 2 heterocycles. The maximum absolute atomic E-state index is 5.79. The number of aryl methyl sites for hydroxylation is 1. The van der Waals surface area contributed by atoms with Gasteiger partial charge in [-0.2, -0.15) is 0 Å². The van der Waals surface area contributed by atoms with Crippen LogP contribution < -0.4 is 20.7 Å². The number of aromatic nitrogens is 1. The highest BCUT2D eigenvalue weighted by Gasteiger charge is 2.19. The summed E-state index contributed by atoms with van der Waals surface area (Å²) in [5.41, 5.74) is 6.24. The molecule has 1 aromatic carbocycles. The normalized spacial score (nSPS) is 14.8. The van der Waals surface area contributed by atoms with Crippen molar-refractivity contribution < 1.29 is 9.47 Å². The van der Waals surface area contributed by atoms with E-state index in [0.717, 1.165) is 29.0 Å². The molecule has 1 aliphatic heterocycles. The molecule has 21 heavy (non-hydrogen) atoms. The van der Waals surface area contributed by atoms with Gasteiger partial charge >= 0.3 is 0 Å². The average Bonchev–Trinajstić information content (AvgIpc) is 2.56. The van der Waals surface area contributed by atoms with Gasteiger partial charge < -0.3 is 9.47 Å². The summed E-state index contributed by atoms with van der Waals surface area (Å²) in [6.07, 6.45) is 4.58. The highest BCUT2D eigenvalue weighted by Crippen LogP contribution is 2.34. The molecule has 0 bridgehead atoms. The molecule has 0 aliphatic carbocycles. The van der Waals surface area contributed by atoms with Crippen LogP contribution in [0.5, 0.6) is 11.5 Å². The van der Waals surface area contributed by atoms with Crippen molar-refractivity contribution in [2.24, 2.45) is 5.84 Å². The van der Waals surface area contributed by atoms with Crippen molar-refractivity contribution in [3.63, 3.8) is 0 Å². The van der Waals surface area contributed by atoms with E-state index in [-0.39, 0.29) is 6.04 Å². The molecule has 0 saturated carbocycles. The summed E-state index contributed by atoms with van der Waals surface area (Å²) in [6.45, 7) is 3.28. The Morgan fingerprint density at radius 3 is 2.81 bits per heavy atom. The largest absolute Gasteiger partial charge is 0.486 e. The zero-order valence-electron chi connectivity index (χ0n) is 12.0. The standard InChI is InChI=1S/C16H19N3O2/c1-2-11-10-18-6-5-13(11)16(19-17)12-3-4-14-15(9-12)21-8-7-20-14/h3-6,9-10,16,19H,2,7-8,17H2,1H3. The maximum atomic E-state index is 5.79. The van der Waals surface area contributed by atoms with Gasteiger partial charge in [-0.05, 0) is 41.3 Å². The Hall–Kier alpha value is -2.11. The molecular weight excluding hydrogens is 266 g/mol. The highest BCUT2D eigenvalue weighted by molar-refractivity contribution is 5.47. The van der Waals surface area contributed by atoms with Crippen LogP contribution in [0.1, 0.15) is 29.7 Å². The Bertz CT molecular complexity index is 631. The van der Waals surface area contributed by atoms with E-state index in [0.29, 0.717) is 13.2 Å². The van der Waals surface area contributed by atoms with Gasteiger partial charge in [-0.3, -0.25) is 10.8 Å². The van der Waals surface area contributed by atoms with Crippen molar-refractivity contribution in [1.82, 2.24) is 10.4 Å². The Balaban J connectivity index is 2.00. The molecule has 1 unspecified atom stereocenters. The smallest absolute Gasteiger partial charge is 0.161 e. The van der Waals surface area contributed by atoms with Gasteiger partial charge in [-0.15, -0.1) is 0 Å². The summed E-state index contributed by atoms with van der Waals surface area (Å²) in [6, 6.07) is 7.83. The zero-order chi connectivity index (χ0) is 14.7. The molecule has 0 radical (unpaired) electrons. The van der Waals surface area contributed by atoms with Crippen LogP contribution in [-0.4, -0.2) is 18.2 Å². The topological polar surface area (TPSA) is 69.4 Å². The maximum Gasteiger partial charge on any atom is 0.161 e. The Kier molecular flexibility index (Phi) is 4.03. The predicted octanol–water partition coefficient (Wildman–Crippen LogP) is 1.97. The zero-order valence-corrected chi connectivity index (χ0v) is 12.0. The summed E-state index contributed by atoms with van der Waals surface area (Å²) < 4.78 is 11.2. The molecule has 0 fully saturated rings. The van der Waals surface area contributed by atoms with E-state index >= 15 is 0 Å². The van der Waals surface area contributed by atoms with E-state index in [1.54, 1.807) is 6.20 Å². The number of rotatable bonds is 4. The van der Waals surface area contributed by atoms with Crippen molar-refractivity contribution in [2.75, 3.05) is 13.2 Å². The number of nitrogens with zero attached hydrogens (tertiary/aromatic N) is 1. The number of hydrogen-bond acceptors (Lipinski definition) is 5. The molecular formula is C16H19N3O2. The van der Waals surface area contributed by atoms with Gasteiger partial charge in [-0.1, -0.05) is 13.0 Å². The number of ether oxygens (including phenoxy) is 2. The number of hydrazine groups is 1. The molecule has 5 nitrogen and oxygen atoms in total. The number of pyridine rings is 1. The second-order valence-electron chi connectivity index (χ2n) is 4.93. The number of fused-ring (bicyclic) bond motifs is 1. The predicted molar refractivity (Wildman–Crippen MR) is 80.2 cm³/mol. The lowest BCUT2D eigenvalue weighted by molar-refractivity contribution is 0.171. The van der Waals surface area contributed by atoms with E-state index < -0.39 is 0 Å². The summed E-state index contributed by atoms with van der Waals surface area (Å²) in [4.78, 5) is 4.18. The van der Waals surface area contributed by atoms with Crippen LogP contribution in [0.2, 0.25) is 0 Å². The third-order valence-electron chi connectivity index (χ3n) is 3.70. The third kappa shape index (κ3) is 2.70. The lowest BCUT2D eigenvalue weighted by atomic mass is 9.95. The van der Waals surface area contributed by atoms with Crippen LogP contribution in [0.4, 0.5) is 0 Å². The first-order valence-electron chi connectivity index (χ1n) is 7.12. The second-order valence-corrected chi connectivity index (χ2v) is 4.93. The molecule has 3 rings (SSSR count). The second kappa shape index (κ2) is 6.11. The third-order valence-corrected chi connectivity index (χ3v) is 3.70. The van der Waals surface area contributed by atoms with Crippen LogP contribution in [0.25, 0.3) is 0 Å². The molecule has 0 amide bonds. The Labute approximate surface area is 124 Å². The van der Waals surface area contributed by atoms with Gasteiger partial charge in [0.25, 0.3) is 0 Å². The average molecular weight is 285 g/mol. The van der Waals surface area contributed by atoms with Crippen molar-refractivity contribution >= 4 is 0 Å². The first-order chi connectivity index (χ1) is 10.3. The van der Waals surface area contributed by atoms with Crippen molar-refractivity contribution in [1.29, 1.82) is 0 Å². The summed E-state index contributed by atoms with van der Waals surface area (Å²) >= 11 is 0. The van der Waals surface area contributed by atoms with Crippen LogP contribution in [0.15, 0.2) is 36.7 Å². The Morgan fingerprint density at radius 2 is 2.05 bits per heavy atom. The molecule has 1 atom stereocenters. The van der Waals surface area contributed by atoms with E-state index in [2.05, 4.69) is 17.3 Å². The molecule has 110 valence electrons. The van der Waals surface area contributed by atoms with Gasteiger partial charge in [0.15, 0.2) is 11.5 Å². The summed E-state index contributed by atoms with van der Waals surface area (Å²) in [5, 5.41) is 0. The fraction of sp³-hybridized carbons (Fsp3) is 0.312. The molecule has 5 heteroatoms. The number of benzene rings is 1. The number of nitrogens with two attached hydrogens (primary N) is 1. The number of hydrogen-bond donors (Lipinski definition) is 2. The van der Waals surface area contributed by atoms with Gasteiger partial charge in [-0.25, -0.2) is 5.43 Å². The van der Waals surface area contributed by atoms with E-state index in [1.165, 1.54) is 5.56 Å². The Morgan fingerprint density at radius 1 is 1.24 bits per heavy atom. The molecule has 0 saturated heterocycles. The molecule has 2 aromatic rings. The minimum absolute atomic E-state index is 0.0984. The van der Waals surface area contributed by atoms with Crippen LogP contribution >= 0.6 is 0 Å². The van der Waals surface area contributed by atoms with Gasteiger partial charge in [0.2, 0.25) is 0 Å². The summed E-state index contributed by atoms with van der Waals surface area (Å²) in [5.74, 6) is 7.35. The van der Waals surface area contributed by atoms with Gasteiger partial charge in [0.05, 0.1) is 6.04 Å². The van der Waals surface area contributed by atoms with Crippen molar-refractivity contribution in [3.8, 4) is 11.5 Å². The molecule has 0 spiro atoms. The minimum Gasteiger partial charge on any atom is -0.486 e. The van der Waals surface area contributed by atoms with Crippen LogP contribution in [0.3, 0.4) is 0 Å². The lowest BCUT2D eigenvalue weighted by Crippen LogP contribution is -2.29. The highest BCUT2D eigenvalue weighted by atomic mass is 16.6. The SMILES string of the molecule is CCc1cnccc1C(NN)c1ccc2c(c1)OCCO2. The van der Waals surface area contributed by atoms with Gasteiger partial charge in [0, 0.05) is 12.4 Å². The summed E-state index contributed by atoms with van der Waals surface area (Å²) in [7, 11) is 0. The van der Waals surface area contributed by atoms with E-state index in [1.807, 2.05) is 30.5 Å². The quantitative estimate of drug-likeness (QED) is 0.664. The molecule has 1 aliphatic rings. The lowest BCUT2D eigenvalue weighted by Gasteiger charge is -2.23. The van der Waals surface area contributed by atoms with Crippen LogP contribution in [-0.2, 0) is 6.42 Å². The van der Waals surface area contributed by atoms with Crippen molar-refractivity contribution in [3.05, 3.63) is 53.3 Å².